The molecule has 1 unspecified atom stereocenters. The summed E-state index contributed by atoms with van der Waals surface area (Å²) in [5, 5.41) is 3.27. The minimum absolute atomic E-state index is 0.666. The molecule has 2 heterocycles. The minimum Gasteiger partial charge on any atom is -0.354 e. The molecule has 2 rings (SSSR count). The Morgan fingerprint density at radius 2 is 2.10 bits per heavy atom. The third-order valence-corrected chi connectivity index (χ3v) is 4.45. The number of rotatable bonds is 6. The molecule has 1 aliphatic rings. The van der Waals surface area contributed by atoms with E-state index in [1.54, 1.807) is 0 Å². The maximum Gasteiger partial charge on any atom is 0.129 e. The number of aromatic nitrogens is 1. The SMILES string of the molecule is CCCc1cc(CNC)cc(N2CCCCCC2CC)n1. The van der Waals surface area contributed by atoms with E-state index >= 15 is 0 Å². The van der Waals surface area contributed by atoms with Gasteiger partial charge in [-0.05, 0) is 50.4 Å². The van der Waals surface area contributed by atoms with Crippen molar-refractivity contribution in [2.45, 2.75) is 71.4 Å². The summed E-state index contributed by atoms with van der Waals surface area (Å²) in [5.41, 5.74) is 2.62. The molecule has 1 saturated heterocycles. The second-order valence-corrected chi connectivity index (χ2v) is 6.21. The van der Waals surface area contributed by atoms with E-state index in [1.165, 1.54) is 55.7 Å². The Labute approximate surface area is 130 Å². The van der Waals surface area contributed by atoms with Gasteiger partial charge in [-0.3, -0.25) is 0 Å². The predicted octanol–water partition coefficient (Wildman–Crippen LogP) is 3.91. The van der Waals surface area contributed by atoms with Crippen LogP contribution in [0.3, 0.4) is 0 Å². The van der Waals surface area contributed by atoms with Crippen LogP contribution in [-0.2, 0) is 13.0 Å². The van der Waals surface area contributed by atoms with Gasteiger partial charge in [0.05, 0.1) is 0 Å². The van der Waals surface area contributed by atoms with Crippen LogP contribution in [0.1, 0.15) is 63.6 Å². The molecule has 0 bridgehead atoms. The summed E-state index contributed by atoms with van der Waals surface area (Å²) < 4.78 is 0. The number of nitrogens with zero attached hydrogens (tertiary/aromatic N) is 2. The van der Waals surface area contributed by atoms with Crippen molar-refractivity contribution in [2.75, 3.05) is 18.5 Å². The molecular weight excluding hydrogens is 258 g/mol. The molecule has 1 fully saturated rings. The second-order valence-electron chi connectivity index (χ2n) is 6.21. The van der Waals surface area contributed by atoms with Crippen molar-refractivity contribution in [2.24, 2.45) is 0 Å². The van der Waals surface area contributed by atoms with Crippen molar-refractivity contribution >= 4 is 5.82 Å². The molecule has 118 valence electrons. The van der Waals surface area contributed by atoms with Crippen LogP contribution in [0.25, 0.3) is 0 Å². The standard InChI is InChI=1S/C18H31N3/c1-4-9-16-12-15(14-19-3)13-18(20-16)21-11-8-6-7-10-17(21)5-2/h12-13,17,19H,4-11,14H2,1-3H3. The zero-order chi connectivity index (χ0) is 15.1. The summed E-state index contributed by atoms with van der Waals surface area (Å²) in [6, 6.07) is 5.23. The van der Waals surface area contributed by atoms with Gasteiger partial charge < -0.3 is 10.2 Å². The number of aryl methyl sites for hydroxylation is 1. The van der Waals surface area contributed by atoms with Gasteiger partial charge in [-0.1, -0.05) is 33.1 Å². The zero-order valence-electron chi connectivity index (χ0n) is 14.0. The topological polar surface area (TPSA) is 28.2 Å². The average Bonchev–Trinajstić information content (AvgIpc) is 2.73. The van der Waals surface area contributed by atoms with Crippen molar-refractivity contribution in [3.63, 3.8) is 0 Å². The number of hydrogen-bond donors (Lipinski definition) is 1. The Bertz CT molecular complexity index is 406. The summed E-state index contributed by atoms with van der Waals surface area (Å²) in [6.07, 6.45) is 8.82. The Balaban J connectivity index is 2.29. The van der Waals surface area contributed by atoms with E-state index in [0.29, 0.717) is 6.04 Å². The first-order valence-electron chi connectivity index (χ1n) is 8.69. The highest BCUT2D eigenvalue weighted by molar-refractivity contribution is 5.44. The molecular formula is C18H31N3. The van der Waals surface area contributed by atoms with E-state index in [2.05, 4.69) is 36.2 Å². The highest BCUT2D eigenvalue weighted by atomic mass is 15.2. The Morgan fingerprint density at radius 1 is 1.24 bits per heavy atom. The molecule has 1 N–H and O–H groups in total. The molecule has 3 nitrogen and oxygen atoms in total. The van der Waals surface area contributed by atoms with Crippen LogP contribution in [0.4, 0.5) is 5.82 Å². The number of anilines is 1. The monoisotopic (exact) mass is 289 g/mol. The molecule has 1 atom stereocenters. The van der Waals surface area contributed by atoms with Crippen molar-refractivity contribution in [3.05, 3.63) is 23.4 Å². The molecule has 0 saturated carbocycles. The molecule has 0 radical (unpaired) electrons. The molecule has 0 aromatic carbocycles. The maximum absolute atomic E-state index is 4.97. The highest BCUT2D eigenvalue weighted by Gasteiger charge is 2.21. The first-order chi connectivity index (χ1) is 10.3. The second kappa shape index (κ2) is 8.38. The van der Waals surface area contributed by atoms with Gasteiger partial charge in [-0.2, -0.15) is 0 Å². The first kappa shape index (κ1) is 16.3. The maximum atomic E-state index is 4.97. The molecule has 0 amide bonds. The number of nitrogens with one attached hydrogen (secondary N) is 1. The summed E-state index contributed by atoms with van der Waals surface area (Å²) in [6.45, 7) is 6.64. The molecule has 1 aromatic rings. The minimum atomic E-state index is 0.666. The lowest BCUT2D eigenvalue weighted by Crippen LogP contribution is -2.35. The van der Waals surface area contributed by atoms with Gasteiger partial charge in [0.1, 0.15) is 5.82 Å². The third kappa shape index (κ3) is 4.44. The smallest absolute Gasteiger partial charge is 0.129 e. The lowest BCUT2D eigenvalue weighted by molar-refractivity contribution is 0.551. The van der Waals surface area contributed by atoms with E-state index in [1.807, 2.05) is 7.05 Å². The van der Waals surface area contributed by atoms with Crippen molar-refractivity contribution in [1.29, 1.82) is 0 Å². The van der Waals surface area contributed by atoms with Gasteiger partial charge in [-0.15, -0.1) is 0 Å². The zero-order valence-corrected chi connectivity index (χ0v) is 14.0. The quantitative estimate of drug-likeness (QED) is 0.860. The molecule has 3 heteroatoms. The fraction of sp³-hybridized carbons (Fsp3) is 0.722. The fourth-order valence-corrected chi connectivity index (χ4v) is 3.37. The van der Waals surface area contributed by atoms with Gasteiger partial charge >= 0.3 is 0 Å². The van der Waals surface area contributed by atoms with Crippen molar-refractivity contribution in [1.82, 2.24) is 10.3 Å². The normalized spacial score (nSPS) is 19.6. The molecule has 0 spiro atoms. The number of pyridine rings is 1. The van der Waals surface area contributed by atoms with E-state index in [4.69, 9.17) is 4.98 Å². The summed E-state index contributed by atoms with van der Waals surface area (Å²) in [7, 11) is 2.01. The van der Waals surface area contributed by atoms with Crippen LogP contribution in [-0.4, -0.2) is 24.6 Å². The van der Waals surface area contributed by atoms with Crippen molar-refractivity contribution < 1.29 is 0 Å². The Morgan fingerprint density at radius 3 is 2.81 bits per heavy atom. The van der Waals surface area contributed by atoms with Gasteiger partial charge in [0, 0.05) is 24.8 Å². The molecule has 1 aliphatic heterocycles. The molecule has 0 aliphatic carbocycles. The van der Waals surface area contributed by atoms with Crippen LogP contribution in [0.5, 0.6) is 0 Å². The molecule has 21 heavy (non-hydrogen) atoms. The van der Waals surface area contributed by atoms with Crippen LogP contribution < -0.4 is 10.2 Å². The Kier molecular flexibility index (Phi) is 6.50. The predicted molar refractivity (Wildman–Crippen MR) is 90.9 cm³/mol. The van der Waals surface area contributed by atoms with Gasteiger partial charge in [0.15, 0.2) is 0 Å². The summed E-state index contributed by atoms with van der Waals surface area (Å²) >= 11 is 0. The first-order valence-corrected chi connectivity index (χ1v) is 8.69. The van der Waals surface area contributed by atoms with E-state index < -0.39 is 0 Å². The molecule has 1 aromatic heterocycles. The van der Waals surface area contributed by atoms with E-state index in [9.17, 15) is 0 Å². The van der Waals surface area contributed by atoms with Crippen LogP contribution in [0, 0.1) is 0 Å². The van der Waals surface area contributed by atoms with E-state index in [0.717, 1.165) is 19.4 Å². The van der Waals surface area contributed by atoms with Crippen LogP contribution in [0.2, 0.25) is 0 Å². The summed E-state index contributed by atoms with van der Waals surface area (Å²) in [5.74, 6) is 1.21. The Hall–Kier alpha value is -1.09. The average molecular weight is 289 g/mol. The largest absolute Gasteiger partial charge is 0.354 e. The fourth-order valence-electron chi connectivity index (χ4n) is 3.37. The van der Waals surface area contributed by atoms with Gasteiger partial charge in [0.25, 0.3) is 0 Å². The van der Waals surface area contributed by atoms with Gasteiger partial charge in [-0.25, -0.2) is 4.98 Å². The van der Waals surface area contributed by atoms with Crippen LogP contribution in [0.15, 0.2) is 12.1 Å². The van der Waals surface area contributed by atoms with E-state index in [-0.39, 0.29) is 0 Å². The lowest BCUT2D eigenvalue weighted by Gasteiger charge is -2.31. The number of hydrogen-bond acceptors (Lipinski definition) is 3. The van der Waals surface area contributed by atoms with Gasteiger partial charge in [0.2, 0.25) is 0 Å². The van der Waals surface area contributed by atoms with Crippen molar-refractivity contribution in [3.8, 4) is 0 Å². The summed E-state index contributed by atoms with van der Waals surface area (Å²) in [4.78, 5) is 7.54. The lowest BCUT2D eigenvalue weighted by atomic mass is 10.1. The van der Waals surface area contributed by atoms with Crippen LogP contribution >= 0.6 is 0 Å². The highest BCUT2D eigenvalue weighted by Crippen LogP contribution is 2.26. The third-order valence-electron chi connectivity index (χ3n) is 4.45.